The lowest BCUT2D eigenvalue weighted by molar-refractivity contribution is -0.152. The molecule has 0 amide bonds. The molecule has 0 heterocycles. The van der Waals surface area contributed by atoms with Gasteiger partial charge >= 0.3 is 13.6 Å². The van der Waals surface area contributed by atoms with Gasteiger partial charge in [0.1, 0.15) is 18.4 Å². The minimum Gasteiger partial charge on any atom is -0.461 e. The predicted octanol–water partition coefficient (Wildman–Crippen LogP) is 8.59. The summed E-state index contributed by atoms with van der Waals surface area (Å²) in [7, 11) is -6.11. The molecule has 0 radical (unpaired) electrons. The second-order valence-corrected chi connectivity index (χ2v) is 25.8. The molecule has 0 N–H and O–H groups in total. The molecule has 0 rings (SSSR count). The highest BCUT2D eigenvalue weighted by atomic mass is 31.2. The first-order valence-corrected chi connectivity index (χ1v) is 23.1. The van der Waals surface area contributed by atoms with Crippen molar-refractivity contribution in [3.63, 3.8) is 0 Å². The molecule has 0 aromatic rings. The van der Waals surface area contributed by atoms with Crippen molar-refractivity contribution in [2.45, 2.75) is 137 Å². The number of carbonyl (C=O) groups excluding carboxylic acids is 1. The average molecular weight is 663 g/mol. The van der Waals surface area contributed by atoms with Gasteiger partial charge in [0.2, 0.25) is 0 Å². The van der Waals surface area contributed by atoms with Crippen LogP contribution in [0.3, 0.4) is 0 Å². The Morgan fingerprint density at radius 3 is 1.88 bits per heavy atom. The molecule has 0 saturated heterocycles. The summed E-state index contributed by atoms with van der Waals surface area (Å²) in [6.07, 6.45) is 0.446. The molecule has 43 heavy (non-hydrogen) atoms. The van der Waals surface area contributed by atoms with E-state index in [0.717, 1.165) is 5.57 Å². The summed E-state index contributed by atoms with van der Waals surface area (Å²) in [5.74, 6) is 5.27. The van der Waals surface area contributed by atoms with Gasteiger partial charge in [0.15, 0.2) is 16.6 Å². The van der Waals surface area contributed by atoms with Crippen molar-refractivity contribution in [1.29, 1.82) is 0 Å². The van der Waals surface area contributed by atoms with E-state index >= 15 is 0 Å². The summed E-state index contributed by atoms with van der Waals surface area (Å²) in [6.45, 7) is 32.0. The highest BCUT2D eigenvalue weighted by Crippen LogP contribution is 2.48. The zero-order chi connectivity index (χ0) is 33.9. The van der Waals surface area contributed by atoms with E-state index in [-0.39, 0.29) is 35.3 Å². The van der Waals surface area contributed by atoms with Crippen molar-refractivity contribution >= 4 is 30.2 Å². The molecule has 0 unspecified atom stereocenters. The Bertz CT molecular complexity index is 992. The molecule has 0 aromatic carbocycles. The average Bonchev–Trinajstić information content (AvgIpc) is 2.82. The molecule has 0 saturated carbocycles. The van der Waals surface area contributed by atoms with Crippen molar-refractivity contribution in [3.8, 4) is 11.8 Å². The number of ether oxygens (including phenoxy) is 2. The smallest absolute Gasteiger partial charge is 0.341 e. The monoisotopic (exact) mass is 662 g/mol. The van der Waals surface area contributed by atoms with E-state index in [0.29, 0.717) is 13.0 Å². The van der Waals surface area contributed by atoms with Crippen molar-refractivity contribution in [1.82, 2.24) is 0 Å². The highest BCUT2D eigenvalue weighted by Gasteiger charge is 2.41. The van der Waals surface area contributed by atoms with Crippen LogP contribution in [-0.2, 0) is 36.7 Å². The summed E-state index contributed by atoms with van der Waals surface area (Å²) < 4.78 is 49.0. The van der Waals surface area contributed by atoms with Gasteiger partial charge in [-0.3, -0.25) is 9.36 Å². The molecule has 0 fully saturated rings. The van der Waals surface area contributed by atoms with Gasteiger partial charge in [-0.2, -0.15) is 0 Å². The maximum Gasteiger partial charge on any atom is 0.341 e. The molecule has 0 aliphatic carbocycles. The van der Waals surface area contributed by atoms with Crippen LogP contribution in [0.1, 0.15) is 82.6 Å². The van der Waals surface area contributed by atoms with Crippen LogP contribution in [0.5, 0.6) is 0 Å². The van der Waals surface area contributed by atoms with E-state index in [4.69, 9.17) is 27.4 Å². The lowest BCUT2D eigenvalue weighted by atomic mass is 9.89. The van der Waals surface area contributed by atoms with Gasteiger partial charge in [0.25, 0.3) is 0 Å². The quantitative estimate of drug-likeness (QED) is 0.0474. The van der Waals surface area contributed by atoms with Crippen molar-refractivity contribution in [2.75, 3.05) is 33.1 Å². The van der Waals surface area contributed by atoms with E-state index in [2.05, 4.69) is 85.6 Å². The Labute approximate surface area is 266 Å². The van der Waals surface area contributed by atoms with Crippen LogP contribution < -0.4 is 0 Å². The highest BCUT2D eigenvalue weighted by molar-refractivity contribution is 7.54. The van der Waals surface area contributed by atoms with E-state index in [1.807, 2.05) is 13.8 Å². The van der Waals surface area contributed by atoms with Gasteiger partial charge in [0, 0.05) is 19.4 Å². The fraction of sp³-hybridized carbons (Fsp3) is 0.844. The molecule has 0 aromatic heterocycles. The summed E-state index contributed by atoms with van der Waals surface area (Å²) in [4.78, 5) is 13.3. The predicted molar refractivity (Wildman–Crippen MR) is 183 cm³/mol. The van der Waals surface area contributed by atoms with Crippen molar-refractivity contribution in [2.24, 2.45) is 5.92 Å². The molecule has 4 atom stereocenters. The lowest BCUT2D eigenvalue weighted by Crippen LogP contribution is -2.46. The first-order valence-electron chi connectivity index (χ1n) is 15.5. The van der Waals surface area contributed by atoms with Crippen LogP contribution in [0.4, 0.5) is 0 Å². The van der Waals surface area contributed by atoms with Crippen LogP contribution in [-0.4, -0.2) is 74.0 Å². The van der Waals surface area contributed by atoms with Crippen LogP contribution >= 0.6 is 7.60 Å². The molecular formula is C32H63O8PSi2. The molecule has 11 heteroatoms. The second-order valence-electron chi connectivity index (χ2n) is 14.2. The zero-order valence-electron chi connectivity index (χ0n) is 30.1. The van der Waals surface area contributed by atoms with Gasteiger partial charge in [0.05, 0.1) is 25.9 Å². The van der Waals surface area contributed by atoms with Crippen LogP contribution in [0, 0.1) is 17.8 Å². The fourth-order valence-electron chi connectivity index (χ4n) is 4.02. The summed E-state index contributed by atoms with van der Waals surface area (Å²) >= 11 is 0. The third kappa shape index (κ3) is 14.0. The third-order valence-electron chi connectivity index (χ3n) is 8.67. The third-order valence-corrected chi connectivity index (χ3v) is 19.6. The van der Waals surface area contributed by atoms with Gasteiger partial charge in [-0.15, -0.1) is 5.92 Å². The SMILES string of the molecule is CC#C[C@H](C[C@H](OC(=O)CP(=O)(OCC)OCC)[C@H](C)[C@H](OC)/C(C)=C/CO[Si](C)(C)C(C)(C)C)O[Si](C)(C)C(C)(C)C. The Kier molecular flexibility index (Phi) is 17.5. The fourth-order valence-corrected chi connectivity index (χ4v) is 7.61. The van der Waals surface area contributed by atoms with Gasteiger partial charge in [-0.05, 0) is 69.5 Å². The Balaban J connectivity index is 6.35. The van der Waals surface area contributed by atoms with Crippen molar-refractivity contribution < 1.29 is 36.7 Å². The molecule has 0 spiro atoms. The van der Waals surface area contributed by atoms with E-state index < -0.39 is 48.6 Å². The molecule has 0 bridgehead atoms. The van der Waals surface area contributed by atoms with Crippen LogP contribution in [0.2, 0.25) is 36.3 Å². The van der Waals surface area contributed by atoms with Crippen LogP contribution in [0.15, 0.2) is 11.6 Å². The van der Waals surface area contributed by atoms with E-state index in [9.17, 15) is 9.36 Å². The second kappa shape index (κ2) is 17.8. The number of rotatable bonds is 18. The number of hydrogen-bond donors (Lipinski definition) is 0. The molecule has 0 aliphatic heterocycles. The van der Waals surface area contributed by atoms with Crippen LogP contribution in [0.25, 0.3) is 0 Å². The number of esters is 1. The molecule has 0 aliphatic rings. The maximum absolute atomic E-state index is 13.3. The number of methoxy groups -OCH3 is 1. The number of carbonyl (C=O) groups is 1. The van der Waals surface area contributed by atoms with Gasteiger partial charge in [-0.25, -0.2) is 0 Å². The van der Waals surface area contributed by atoms with Crippen molar-refractivity contribution in [3.05, 3.63) is 11.6 Å². The van der Waals surface area contributed by atoms with Gasteiger partial charge in [-0.1, -0.05) is 60.5 Å². The zero-order valence-corrected chi connectivity index (χ0v) is 33.0. The normalized spacial score (nSPS) is 16.6. The Hall–Kier alpha value is -0.766. The minimum atomic E-state index is -3.64. The standard InChI is InChI=1S/C32H63O8PSi2/c1-17-20-27(40-43(15,16)32(9,10)11)23-28(39-29(33)24-41(34,36-18-2)37-19-3)26(5)30(35-12)25(4)21-22-38-42(13,14)31(6,7)8/h21,26-28,30H,18-19,22-24H2,1-16H3/b25-21+/t26-,27+,28-,30+/m0/s1. The first kappa shape index (κ1) is 42.2. The summed E-state index contributed by atoms with van der Waals surface area (Å²) in [6, 6.07) is 0. The van der Waals surface area contributed by atoms with E-state index in [1.165, 1.54) is 0 Å². The molecule has 252 valence electrons. The molecular weight excluding hydrogens is 599 g/mol. The molecule has 8 nitrogen and oxygen atoms in total. The summed E-state index contributed by atoms with van der Waals surface area (Å²) in [5, 5.41) is 0.0719. The Morgan fingerprint density at radius 1 is 0.953 bits per heavy atom. The first-order chi connectivity index (χ1) is 19.5. The number of hydrogen-bond acceptors (Lipinski definition) is 8. The summed E-state index contributed by atoms with van der Waals surface area (Å²) in [5.41, 5.74) is 0.979. The van der Waals surface area contributed by atoms with E-state index in [1.54, 1.807) is 27.9 Å². The lowest BCUT2D eigenvalue weighted by Gasteiger charge is -2.39. The Morgan fingerprint density at radius 2 is 1.47 bits per heavy atom. The topological polar surface area (TPSA) is 89.5 Å². The largest absolute Gasteiger partial charge is 0.461 e. The minimum absolute atomic E-state index is 0.0291. The maximum atomic E-state index is 13.3. The van der Waals surface area contributed by atoms with Gasteiger partial charge < -0.3 is 27.4 Å².